The van der Waals surface area contributed by atoms with Crippen LogP contribution >= 0.6 is 35.0 Å². The second-order valence-corrected chi connectivity index (χ2v) is 9.45. The Morgan fingerprint density at radius 1 is 0.879 bits per heavy atom. The average molecular weight is 501 g/mol. The predicted molar refractivity (Wildman–Crippen MR) is 138 cm³/mol. The lowest BCUT2D eigenvalue weighted by Gasteiger charge is -2.31. The van der Waals surface area contributed by atoms with Crippen molar-refractivity contribution in [1.29, 1.82) is 0 Å². The molecule has 0 unspecified atom stereocenters. The summed E-state index contributed by atoms with van der Waals surface area (Å²) in [6.45, 7) is 0.294. The molecule has 7 heteroatoms. The van der Waals surface area contributed by atoms with E-state index >= 15 is 0 Å². The Labute approximate surface area is 209 Å². The van der Waals surface area contributed by atoms with E-state index in [-0.39, 0.29) is 17.6 Å². The minimum atomic E-state index is -0.643. The van der Waals surface area contributed by atoms with E-state index in [0.29, 0.717) is 28.8 Å². The highest BCUT2D eigenvalue weighted by molar-refractivity contribution is 7.99. The van der Waals surface area contributed by atoms with Crippen molar-refractivity contribution in [3.63, 3.8) is 0 Å². The Morgan fingerprint density at radius 2 is 1.48 bits per heavy atom. The fourth-order valence-corrected chi connectivity index (χ4v) is 4.80. The van der Waals surface area contributed by atoms with Crippen LogP contribution in [0.25, 0.3) is 0 Å². The van der Waals surface area contributed by atoms with Crippen LogP contribution in [-0.2, 0) is 28.3 Å². The maximum Gasteiger partial charge on any atom is 0.242 e. The molecule has 0 bridgehead atoms. The number of amides is 2. The largest absolute Gasteiger partial charge is 0.357 e. The van der Waals surface area contributed by atoms with Gasteiger partial charge in [-0.25, -0.2) is 0 Å². The minimum Gasteiger partial charge on any atom is -0.357 e. The van der Waals surface area contributed by atoms with E-state index in [2.05, 4.69) is 5.32 Å². The Morgan fingerprint density at radius 3 is 2.12 bits per heavy atom. The molecule has 0 aromatic heterocycles. The highest BCUT2D eigenvalue weighted by atomic mass is 35.5. The van der Waals surface area contributed by atoms with Crippen molar-refractivity contribution < 1.29 is 9.59 Å². The summed E-state index contributed by atoms with van der Waals surface area (Å²) in [7, 11) is 1.59. The summed E-state index contributed by atoms with van der Waals surface area (Å²) in [5, 5.41) is 3.99. The Bertz CT molecular complexity index is 1080. The van der Waals surface area contributed by atoms with Gasteiger partial charge in [0.05, 0.1) is 5.75 Å². The van der Waals surface area contributed by atoms with Crippen LogP contribution in [0.5, 0.6) is 0 Å². The van der Waals surface area contributed by atoms with Gasteiger partial charge in [-0.2, -0.15) is 0 Å². The SMILES string of the molecule is CNC(=O)[C@@H](Cc1ccccc1)N(Cc1cccc(Cl)c1)C(=O)CSCc1cccc(Cl)c1. The predicted octanol–water partition coefficient (Wildman–Crippen LogP) is 5.61. The van der Waals surface area contributed by atoms with Gasteiger partial charge >= 0.3 is 0 Å². The molecule has 0 saturated heterocycles. The van der Waals surface area contributed by atoms with E-state index in [4.69, 9.17) is 23.2 Å². The smallest absolute Gasteiger partial charge is 0.242 e. The molecule has 0 spiro atoms. The van der Waals surface area contributed by atoms with E-state index in [9.17, 15) is 9.59 Å². The van der Waals surface area contributed by atoms with Crippen LogP contribution in [-0.4, -0.2) is 35.6 Å². The molecule has 4 nitrogen and oxygen atoms in total. The van der Waals surface area contributed by atoms with Crippen molar-refractivity contribution in [3.8, 4) is 0 Å². The van der Waals surface area contributed by atoms with E-state index in [1.807, 2.05) is 72.8 Å². The quantitative estimate of drug-likeness (QED) is 0.393. The molecular formula is C26H26Cl2N2O2S. The number of carbonyl (C=O) groups is 2. The summed E-state index contributed by atoms with van der Waals surface area (Å²) in [6, 6.07) is 24.0. The molecule has 172 valence electrons. The zero-order valence-corrected chi connectivity index (χ0v) is 20.7. The molecule has 0 fully saturated rings. The van der Waals surface area contributed by atoms with Gasteiger partial charge in [-0.1, -0.05) is 77.8 Å². The molecule has 0 aliphatic heterocycles. The molecule has 1 N–H and O–H groups in total. The average Bonchev–Trinajstić information content (AvgIpc) is 2.81. The number of benzene rings is 3. The first-order valence-corrected chi connectivity index (χ1v) is 12.5. The van der Waals surface area contributed by atoms with Gasteiger partial charge in [-0.05, 0) is 41.0 Å². The normalized spacial score (nSPS) is 11.6. The number of nitrogens with one attached hydrogen (secondary N) is 1. The van der Waals surface area contributed by atoms with Crippen LogP contribution < -0.4 is 5.32 Å². The van der Waals surface area contributed by atoms with E-state index in [1.54, 1.807) is 18.0 Å². The molecule has 0 radical (unpaired) electrons. The molecule has 0 aliphatic carbocycles. The number of carbonyl (C=O) groups excluding carboxylic acids is 2. The summed E-state index contributed by atoms with van der Waals surface area (Å²) in [4.78, 5) is 28.0. The van der Waals surface area contributed by atoms with Crippen molar-refractivity contribution in [1.82, 2.24) is 10.2 Å². The number of nitrogens with zero attached hydrogens (tertiary/aromatic N) is 1. The lowest BCUT2D eigenvalue weighted by Crippen LogP contribution is -2.50. The molecular weight excluding hydrogens is 475 g/mol. The monoisotopic (exact) mass is 500 g/mol. The van der Waals surface area contributed by atoms with Gasteiger partial charge in [0.15, 0.2) is 0 Å². The van der Waals surface area contributed by atoms with Gasteiger partial charge in [-0.3, -0.25) is 9.59 Å². The number of halogens is 2. The summed E-state index contributed by atoms with van der Waals surface area (Å²) >= 11 is 13.7. The fraction of sp³-hybridized carbons (Fsp3) is 0.231. The maximum absolute atomic E-state index is 13.4. The van der Waals surface area contributed by atoms with E-state index < -0.39 is 6.04 Å². The topological polar surface area (TPSA) is 49.4 Å². The van der Waals surface area contributed by atoms with Crippen LogP contribution in [0, 0.1) is 0 Å². The standard InChI is InChI=1S/C26H26Cl2N2O2S/c1-29-26(32)24(15-19-7-3-2-4-8-19)30(16-20-9-5-11-22(27)13-20)25(31)18-33-17-21-10-6-12-23(28)14-21/h2-14,24H,15-18H2,1H3,(H,29,32)/t24-/m1/s1. The Kier molecular flexibility index (Phi) is 9.67. The zero-order chi connectivity index (χ0) is 23.6. The van der Waals surface area contributed by atoms with Gasteiger partial charge in [-0.15, -0.1) is 11.8 Å². The Balaban J connectivity index is 1.81. The molecule has 0 saturated carbocycles. The van der Waals surface area contributed by atoms with Gasteiger partial charge < -0.3 is 10.2 Å². The van der Waals surface area contributed by atoms with Gasteiger partial charge in [0.25, 0.3) is 0 Å². The van der Waals surface area contributed by atoms with Crippen molar-refractivity contribution in [3.05, 3.63) is 106 Å². The van der Waals surface area contributed by atoms with Crippen LogP contribution in [0.2, 0.25) is 10.0 Å². The lowest BCUT2D eigenvalue weighted by molar-refractivity contribution is -0.139. The van der Waals surface area contributed by atoms with Crippen molar-refractivity contribution in [2.75, 3.05) is 12.8 Å². The molecule has 33 heavy (non-hydrogen) atoms. The number of likely N-dealkylation sites (N-methyl/N-ethyl adjacent to an activating group) is 1. The number of hydrogen-bond donors (Lipinski definition) is 1. The summed E-state index contributed by atoms with van der Waals surface area (Å²) < 4.78 is 0. The fourth-order valence-electron chi connectivity index (χ4n) is 3.52. The van der Waals surface area contributed by atoms with Crippen molar-refractivity contribution in [2.45, 2.75) is 24.8 Å². The van der Waals surface area contributed by atoms with E-state index in [0.717, 1.165) is 16.7 Å². The molecule has 3 aromatic rings. The van der Waals surface area contributed by atoms with Crippen LogP contribution in [0.1, 0.15) is 16.7 Å². The van der Waals surface area contributed by atoms with Crippen molar-refractivity contribution in [2.24, 2.45) is 0 Å². The van der Waals surface area contributed by atoms with Gasteiger partial charge in [0, 0.05) is 35.8 Å². The molecule has 3 rings (SSSR count). The first kappa shape index (κ1) is 25.2. The molecule has 2 amide bonds. The first-order valence-electron chi connectivity index (χ1n) is 10.6. The van der Waals surface area contributed by atoms with Crippen LogP contribution in [0.4, 0.5) is 0 Å². The summed E-state index contributed by atoms with van der Waals surface area (Å²) in [5.41, 5.74) is 2.91. The summed E-state index contributed by atoms with van der Waals surface area (Å²) in [6.07, 6.45) is 0.422. The molecule has 1 atom stereocenters. The molecule has 0 aliphatic rings. The molecule has 0 heterocycles. The third-order valence-corrected chi connectivity index (χ3v) is 6.60. The highest BCUT2D eigenvalue weighted by Gasteiger charge is 2.29. The van der Waals surface area contributed by atoms with Crippen molar-refractivity contribution >= 4 is 46.8 Å². The number of rotatable bonds is 10. The van der Waals surface area contributed by atoms with Crippen LogP contribution in [0.15, 0.2) is 78.9 Å². The number of thioether (sulfide) groups is 1. The summed E-state index contributed by atoms with van der Waals surface area (Å²) in [5.74, 6) is 0.594. The lowest BCUT2D eigenvalue weighted by atomic mass is 10.0. The number of hydrogen-bond acceptors (Lipinski definition) is 3. The van der Waals surface area contributed by atoms with E-state index in [1.165, 1.54) is 11.8 Å². The van der Waals surface area contributed by atoms with Crippen LogP contribution in [0.3, 0.4) is 0 Å². The Hall–Kier alpha value is -2.47. The zero-order valence-electron chi connectivity index (χ0n) is 18.3. The first-order chi connectivity index (χ1) is 16.0. The van der Waals surface area contributed by atoms with Gasteiger partial charge in [0.1, 0.15) is 6.04 Å². The maximum atomic E-state index is 13.4. The minimum absolute atomic E-state index is 0.105. The third-order valence-electron chi connectivity index (χ3n) is 5.14. The second-order valence-electron chi connectivity index (χ2n) is 7.59. The third kappa shape index (κ3) is 7.81. The second kappa shape index (κ2) is 12.7. The molecule has 3 aromatic carbocycles. The highest BCUT2D eigenvalue weighted by Crippen LogP contribution is 2.21. The van der Waals surface area contributed by atoms with Gasteiger partial charge in [0.2, 0.25) is 11.8 Å².